The zero-order chi connectivity index (χ0) is 12.7. The zero-order valence-electron chi connectivity index (χ0n) is 9.82. The molecule has 2 amide bonds. The quantitative estimate of drug-likeness (QED) is 0.655. The number of amides is 2. The van der Waals surface area contributed by atoms with E-state index in [0.29, 0.717) is 13.1 Å². The Morgan fingerprint density at radius 1 is 1.31 bits per heavy atom. The van der Waals surface area contributed by atoms with Gasteiger partial charge in [-0.25, -0.2) is 0 Å². The number of nitrogens with zero attached hydrogens (tertiary/aromatic N) is 1. The first-order chi connectivity index (χ1) is 7.34. The van der Waals surface area contributed by atoms with Crippen molar-refractivity contribution in [2.24, 2.45) is 5.92 Å². The van der Waals surface area contributed by atoms with Gasteiger partial charge in [-0.05, 0) is 0 Å². The van der Waals surface area contributed by atoms with Crippen LogP contribution in [0, 0.1) is 5.92 Å². The average Bonchev–Trinajstić information content (AvgIpc) is 2.14. The van der Waals surface area contributed by atoms with Crippen LogP contribution in [0.5, 0.6) is 0 Å². The first kappa shape index (κ1) is 14.4. The molecule has 0 spiro atoms. The van der Waals surface area contributed by atoms with Gasteiger partial charge in [-0.1, -0.05) is 6.92 Å². The van der Waals surface area contributed by atoms with Crippen LogP contribution in [0.2, 0.25) is 0 Å². The third-order valence-electron chi connectivity index (χ3n) is 2.12. The van der Waals surface area contributed by atoms with E-state index in [9.17, 15) is 14.4 Å². The molecule has 2 N–H and O–H groups in total. The van der Waals surface area contributed by atoms with E-state index >= 15 is 0 Å². The number of aliphatic carboxylic acids is 1. The minimum Gasteiger partial charge on any atom is -0.481 e. The average molecular weight is 230 g/mol. The van der Waals surface area contributed by atoms with Gasteiger partial charge in [0.15, 0.2) is 0 Å². The molecule has 92 valence electrons. The fourth-order valence-electron chi connectivity index (χ4n) is 1.15. The van der Waals surface area contributed by atoms with Crippen LogP contribution >= 0.6 is 0 Å². The Morgan fingerprint density at radius 2 is 1.88 bits per heavy atom. The summed E-state index contributed by atoms with van der Waals surface area (Å²) in [6.45, 7) is 5.12. The van der Waals surface area contributed by atoms with E-state index in [2.05, 4.69) is 5.32 Å². The molecule has 0 saturated heterocycles. The Hall–Kier alpha value is -1.59. The van der Waals surface area contributed by atoms with Crippen LogP contribution < -0.4 is 5.32 Å². The highest BCUT2D eigenvalue weighted by Gasteiger charge is 2.17. The van der Waals surface area contributed by atoms with Crippen LogP contribution in [0.3, 0.4) is 0 Å². The fraction of sp³-hybridized carbons (Fsp3) is 0.700. The van der Waals surface area contributed by atoms with Crippen molar-refractivity contribution in [3.05, 3.63) is 0 Å². The Kier molecular flexibility index (Phi) is 6.14. The van der Waals surface area contributed by atoms with Crippen LogP contribution in [0.25, 0.3) is 0 Å². The van der Waals surface area contributed by atoms with Crippen LogP contribution in [0.1, 0.15) is 20.8 Å². The SMILES string of the molecule is CC(=O)NCCN(CC(C)C(=O)O)C(C)=O. The van der Waals surface area contributed by atoms with Gasteiger partial charge < -0.3 is 15.3 Å². The van der Waals surface area contributed by atoms with Gasteiger partial charge in [0.1, 0.15) is 0 Å². The van der Waals surface area contributed by atoms with Crippen LogP contribution in [0.15, 0.2) is 0 Å². The smallest absolute Gasteiger partial charge is 0.308 e. The van der Waals surface area contributed by atoms with E-state index < -0.39 is 11.9 Å². The maximum Gasteiger partial charge on any atom is 0.308 e. The number of carboxylic acids is 1. The second kappa shape index (κ2) is 6.81. The molecular formula is C10H18N2O4. The highest BCUT2D eigenvalue weighted by molar-refractivity contribution is 5.75. The molecule has 0 aliphatic carbocycles. The number of carbonyl (C=O) groups excluding carboxylic acids is 2. The molecular weight excluding hydrogens is 212 g/mol. The van der Waals surface area contributed by atoms with Crippen molar-refractivity contribution in [1.29, 1.82) is 0 Å². The first-order valence-electron chi connectivity index (χ1n) is 5.07. The second-order valence-corrected chi connectivity index (χ2v) is 3.69. The highest BCUT2D eigenvalue weighted by Crippen LogP contribution is 2.00. The number of hydrogen-bond donors (Lipinski definition) is 2. The third-order valence-corrected chi connectivity index (χ3v) is 2.12. The van der Waals surface area contributed by atoms with Crippen LogP contribution in [0.4, 0.5) is 0 Å². The number of carbonyl (C=O) groups is 3. The molecule has 0 bridgehead atoms. The molecule has 1 unspecified atom stereocenters. The minimum atomic E-state index is -0.939. The molecule has 0 heterocycles. The zero-order valence-corrected chi connectivity index (χ0v) is 9.82. The van der Waals surface area contributed by atoms with E-state index in [4.69, 9.17) is 5.11 Å². The number of rotatable bonds is 6. The van der Waals surface area contributed by atoms with Gasteiger partial charge in [0.05, 0.1) is 5.92 Å². The molecule has 0 saturated carbocycles. The summed E-state index contributed by atoms with van der Waals surface area (Å²) in [6, 6.07) is 0. The van der Waals surface area contributed by atoms with Crippen molar-refractivity contribution in [3.63, 3.8) is 0 Å². The molecule has 0 aliphatic rings. The third kappa shape index (κ3) is 6.00. The standard InChI is InChI=1S/C10H18N2O4/c1-7(10(15)16)6-12(9(3)14)5-4-11-8(2)13/h7H,4-6H2,1-3H3,(H,11,13)(H,15,16). The minimum absolute atomic E-state index is 0.157. The van der Waals surface area contributed by atoms with Gasteiger partial charge in [-0.3, -0.25) is 14.4 Å². The van der Waals surface area contributed by atoms with E-state index in [1.807, 2.05) is 0 Å². The van der Waals surface area contributed by atoms with Gasteiger partial charge in [0.2, 0.25) is 11.8 Å². The Morgan fingerprint density at radius 3 is 2.25 bits per heavy atom. The van der Waals surface area contributed by atoms with Crippen molar-refractivity contribution in [3.8, 4) is 0 Å². The van der Waals surface area contributed by atoms with Gasteiger partial charge >= 0.3 is 5.97 Å². The summed E-state index contributed by atoms with van der Waals surface area (Å²) >= 11 is 0. The lowest BCUT2D eigenvalue weighted by atomic mass is 10.1. The molecule has 16 heavy (non-hydrogen) atoms. The molecule has 0 aromatic carbocycles. The van der Waals surface area contributed by atoms with Gasteiger partial charge in [-0.2, -0.15) is 0 Å². The van der Waals surface area contributed by atoms with E-state index in [0.717, 1.165) is 0 Å². The highest BCUT2D eigenvalue weighted by atomic mass is 16.4. The normalized spacial score (nSPS) is 11.7. The number of carboxylic acid groups (broad SMARTS) is 1. The molecule has 0 rings (SSSR count). The summed E-state index contributed by atoms with van der Waals surface area (Å²) in [6.07, 6.45) is 0. The molecule has 0 aliphatic heterocycles. The fourth-order valence-corrected chi connectivity index (χ4v) is 1.15. The lowest BCUT2D eigenvalue weighted by Gasteiger charge is -2.23. The Balaban J connectivity index is 4.13. The van der Waals surface area contributed by atoms with E-state index in [-0.39, 0.29) is 18.4 Å². The van der Waals surface area contributed by atoms with Crippen molar-refractivity contribution >= 4 is 17.8 Å². The summed E-state index contributed by atoms with van der Waals surface area (Å²) in [7, 11) is 0. The molecule has 1 atom stereocenters. The number of hydrogen-bond acceptors (Lipinski definition) is 3. The van der Waals surface area contributed by atoms with Crippen molar-refractivity contribution in [2.45, 2.75) is 20.8 Å². The monoisotopic (exact) mass is 230 g/mol. The molecule has 0 radical (unpaired) electrons. The second-order valence-electron chi connectivity index (χ2n) is 3.69. The molecule has 0 fully saturated rings. The Labute approximate surface area is 94.6 Å². The summed E-state index contributed by atoms with van der Waals surface area (Å²) in [5, 5.41) is 11.3. The summed E-state index contributed by atoms with van der Waals surface area (Å²) < 4.78 is 0. The van der Waals surface area contributed by atoms with Crippen molar-refractivity contribution < 1.29 is 19.5 Å². The number of nitrogens with one attached hydrogen (secondary N) is 1. The van der Waals surface area contributed by atoms with E-state index in [1.165, 1.54) is 25.7 Å². The van der Waals surface area contributed by atoms with Crippen LogP contribution in [-0.2, 0) is 14.4 Å². The molecule has 0 aromatic rings. The van der Waals surface area contributed by atoms with Crippen LogP contribution in [-0.4, -0.2) is 47.4 Å². The van der Waals surface area contributed by atoms with Gasteiger partial charge in [0.25, 0.3) is 0 Å². The summed E-state index contributed by atoms with van der Waals surface area (Å²) in [4.78, 5) is 33.9. The molecule has 6 heteroatoms. The lowest BCUT2D eigenvalue weighted by Crippen LogP contribution is -2.40. The molecule has 6 nitrogen and oxygen atoms in total. The largest absolute Gasteiger partial charge is 0.481 e. The predicted molar refractivity (Wildman–Crippen MR) is 57.7 cm³/mol. The van der Waals surface area contributed by atoms with Gasteiger partial charge in [-0.15, -0.1) is 0 Å². The van der Waals surface area contributed by atoms with Crippen molar-refractivity contribution in [2.75, 3.05) is 19.6 Å². The van der Waals surface area contributed by atoms with Gasteiger partial charge in [0, 0.05) is 33.5 Å². The maximum atomic E-state index is 11.2. The molecule has 0 aromatic heterocycles. The summed E-state index contributed by atoms with van der Waals surface area (Å²) in [5.41, 5.74) is 0. The van der Waals surface area contributed by atoms with E-state index in [1.54, 1.807) is 0 Å². The predicted octanol–water partition coefficient (Wildman–Crippen LogP) is -0.308. The van der Waals surface area contributed by atoms with Crippen molar-refractivity contribution in [1.82, 2.24) is 10.2 Å². The maximum absolute atomic E-state index is 11.2. The summed E-state index contributed by atoms with van der Waals surface area (Å²) in [5.74, 6) is -1.92. The topological polar surface area (TPSA) is 86.7 Å². The Bertz CT molecular complexity index is 278. The lowest BCUT2D eigenvalue weighted by molar-refractivity contribution is -0.142. The first-order valence-corrected chi connectivity index (χ1v) is 5.07.